The molecule has 7 heteroatoms. The van der Waals surface area contributed by atoms with Gasteiger partial charge in [-0.3, -0.25) is 9.78 Å². The minimum Gasteiger partial charge on any atom is -0.340 e. The van der Waals surface area contributed by atoms with Gasteiger partial charge in [0.05, 0.1) is 11.7 Å². The molecule has 2 aliphatic rings. The van der Waals surface area contributed by atoms with Gasteiger partial charge in [-0.25, -0.2) is 14.4 Å². The van der Waals surface area contributed by atoms with Crippen molar-refractivity contribution in [2.75, 3.05) is 11.9 Å². The van der Waals surface area contributed by atoms with E-state index < -0.39 is 0 Å². The summed E-state index contributed by atoms with van der Waals surface area (Å²) in [6.45, 7) is 0.743. The predicted molar refractivity (Wildman–Crippen MR) is 121 cm³/mol. The van der Waals surface area contributed by atoms with Gasteiger partial charge in [0, 0.05) is 42.2 Å². The molecule has 0 radical (unpaired) electrons. The Morgan fingerprint density at radius 1 is 1.03 bits per heavy atom. The lowest BCUT2D eigenvalue weighted by Crippen LogP contribution is -2.44. The summed E-state index contributed by atoms with van der Waals surface area (Å²) in [5.74, 6) is 1.25. The molecule has 32 heavy (non-hydrogen) atoms. The Labute approximate surface area is 186 Å². The van der Waals surface area contributed by atoms with E-state index >= 15 is 0 Å². The first kappa shape index (κ1) is 20.5. The van der Waals surface area contributed by atoms with Crippen molar-refractivity contribution in [1.29, 1.82) is 0 Å². The van der Waals surface area contributed by atoms with Gasteiger partial charge in [0.1, 0.15) is 11.6 Å². The van der Waals surface area contributed by atoms with Gasteiger partial charge in [0.15, 0.2) is 5.82 Å². The average Bonchev–Trinajstić information content (AvgIpc) is 2.78. The smallest absolute Gasteiger partial charge is 0.226 e. The van der Waals surface area contributed by atoms with Crippen LogP contribution in [-0.2, 0) is 4.79 Å². The van der Waals surface area contributed by atoms with E-state index in [1.165, 1.54) is 12.1 Å². The molecule has 0 unspecified atom stereocenters. The van der Waals surface area contributed by atoms with Crippen LogP contribution in [0.25, 0.3) is 11.3 Å². The number of piperidine rings is 1. The zero-order valence-corrected chi connectivity index (χ0v) is 17.9. The SMILES string of the molecule is O=C(C1CCC1)N1CCCC[C@H]1c1nc(Nc2cccc(F)c2)cc(-c2cccnc2)n1. The molecule has 1 saturated heterocycles. The van der Waals surface area contributed by atoms with Crippen LogP contribution in [-0.4, -0.2) is 32.3 Å². The van der Waals surface area contributed by atoms with Crippen molar-refractivity contribution < 1.29 is 9.18 Å². The van der Waals surface area contributed by atoms with Crippen molar-refractivity contribution in [2.24, 2.45) is 5.92 Å². The number of anilines is 2. The van der Waals surface area contributed by atoms with E-state index in [4.69, 9.17) is 9.97 Å². The molecule has 1 amide bonds. The van der Waals surface area contributed by atoms with E-state index in [1.807, 2.05) is 23.1 Å². The molecular formula is C25H26FN5O. The van der Waals surface area contributed by atoms with Gasteiger partial charge in [-0.15, -0.1) is 0 Å². The average molecular weight is 432 g/mol. The second-order valence-corrected chi connectivity index (χ2v) is 8.54. The molecule has 1 aliphatic carbocycles. The van der Waals surface area contributed by atoms with Crippen LogP contribution in [0.3, 0.4) is 0 Å². The summed E-state index contributed by atoms with van der Waals surface area (Å²) in [5, 5.41) is 3.21. The fraction of sp³-hybridized carbons (Fsp3) is 0.360. The highest BCUT2D eigenvalue weighted by molar-refractivity contribution is 5.80. The molecule has 0 bridgehead atoms. The number of nitrogens with one attached hydrogen (secondary N) is 1. The fourth-order valence-electron chi connectivity index (χ4n) is 4.41. The van der Waals surface area contributed by atoms with Gasteiger partial charge in [-0.05, 0) is 62.4 Å². The van der Waals surface area contributed by atoms with Crippen LogP contribution >= 0.6 is 0 Å². The Kier molecular flexibility index (Phi) is 5.79. The number of hydrogen-bond acceptors (Lipinski definition) is 5. The number of aromatic nitrogens is 3. The number of carbonyl (C=O) groups excluding carboxylic acids is 1. The maximum atomic E-state index is 13.7. The summed E-state index contributed by atoms with van der Waals surface area (Å²) >= 11 is 0. The maximum absolute atomic E-state index is 13.7. The van der Waals surface area contributed by atoms with Crippen molar-refractivity contribution >= 4 is 17.4 Å². The number of rotatable bonds is 5. The lowest BCUT2D eigenvalue weighted by molar-refractivity contribution is -0.142. The molecule has 1 aromatic carbocycles. The van der Waals surface area contributed by atoms with Crippen molar-refractivity contribution in [3.8, 4) is 11.3 Å². The second kappa shape index (κ2) is 9.02. The molecule has 164 valence electrons. The van der Waals surface area contributed by atoms with E-state index in [1.54, 1.807) is 24.5 Å². The monoisotopic (exact) mass is 431 g/mol. The predicted octanol–water partition coefficient (Wildman–Crippen LogP) is 5.28. The lowest BCUT2D eigenvalue weighted by atomic mass is 9.83. The van der Waals surface area contributed by atoms with E-state index in [2.05, 4.69) is 10.3 Å². The van der Waals surface area contributed by atoms with Gasteiger partial charge in [0.25, 0.3) is 0 Å². The first-order chi connectivity index (χ1) is 15.7. The van der Waals surface area contributed by atoms with Gasteiger partial charge in [-0.1, -0.05) is 12.5 Å². The number of pyridine rings is 1. The fourth-order valence-corrected chi connectivity index (χ4v) is 4.41. The highest BCUT2D eigenvalue weighted by Crippen LogP contribution is 2.36. The highest BCUT2D eigenvalue weighted by Gasteiger charge is 2.36. The van der Waals surface area contributed by atoms with Crippen molar-refractivity contribution in [3.63, 3.8) is 0 Å². The third-order valence-corrected chi connectivity index (χ3v) is 6.34. The summed E-state index contributed by atoms with van der Waals surface area (Å²) in [6.07, 6.45) is 9.44. The van der Waals surface area contributed by atoms with Crippen molar-refractivity contribution in [3.05, 3.63) is 66.5 Å². The van der Waals surface area contributed by atoms with Crippen LogP contribution in [0, 0.1) is 11.7 Å². The van der Waals surface area contributed by atoms with Crippen LogP contribution in [0.1, 0.15) is 50.4 Å². The summed E-state index contributed by atoms with van der Waals surface area (Å²) in [5.41, 5.74) is 2.20. The van der Waals surface area contributed by atoms with Crippen LogP contribution < -0.4 is 5.32 Å². The van der Waals surface area contributed by atoms with Crippen LogP contribution in [0.4, 0.5) is 15.9 Å². The van der Waals surface area contributed by atoms with E-state index in [0.29, 0.717) is 17.3 Å². The normalized spacial score (nSPS) is 18.8. The third-order valence-electron chi connectivity index (χ3n) is 6.34. The van der Waals surface area contributed by atoms with Gasteiger partial charge in [-0.2, -0.15) is 0 Å². The van der Waals surface area contributed by atoms with Gasteiger partial charge < -0.3 is 10.2 Å². The summed E-state index contributed by atoms with van der Waals surface area (Å²) in [7, 11) is 0. The zero-order valence-electron chi connectivity index (χ0n) is 17.9. The molecule has 1 saturated carbocycles. The molecule has 3 heterocycles. The molecule has 1 atom stereocenters. The number of hydrogen-bond donors (Lipinski definition) is 1. The number of halogens is 1. The number of likely N-dealkylation sites (tertiary alicyclic amines) is 1. The summed E-state index contributed by atoms with van der Waals surface area (Å²) < 4.78 is 13.7. The molecule has 1 aliphatic heterocycles. The molecule has 6 nitrogen and oxygen atoms in total. The highest BCUT2D eigenvalue weighted by atomic mass is 19.1. The minimum atomic E-state index is -0.318. The lowest BCUT2D eigenvalue weighted by Gasteiger charge is -2.39. The third kappa shape index (κ3) is 4.33. The van der Waals surface area contributed by atoms with E-state index in [0.717, 1.165) is 56.3 Å². The molecule has 5 rings (SSSR count). The molecular weight excluding hydrogens is 405 g/mol. The quantitative estimate of drug-likeness (QED) is 0.595. The van der Waals surface area contributed by atoms with Crippen molar-refractivity contribution in [1.82, 2.24) is 19.9 Å². The second-order valence-electron chi connectivity index (χ2n) is 8.54. The van der Waals surface area contributed by atoms with Crippen molar-refractivity contribution in [2.45, 2.75) is 44.6 Å². The first-order valence-electron chi connectivity index (χ1n) is 11.3. The maximum Gasteiger partial charge on any atom is 0.226 e. The molecule has 0 spiro atoms. The van der Waals surface area contributed by atoms with Crippen LogP contribution in [0.2, 0.25) is 0 Å². The zero-order chi connectivity index (χ0) is 21.9. The Hall–Kier alpha value is -3.35. The Bertz CT molecular complexity index is 1100. The number of nitrogens with zero attached hydrogens (tertiary/aromatic N) is 4. The topological polar surface area (TPSA) is 71.0 Å². The van der Waals surface area contributed by atoms with E-state index in [9.17, 15) is 9.18 Å². The molecule has 2 fully saturated rings. The molecule has 3 aromatic rings. The van der Waals surface area contributed by atoms with Crippen LogP contribution in [0.15, 0.2) is 54.9 Å². The van der Waals surface area contributed by atoms with E-state index in [-0.39, 0.29) is 23.7 Å². The number of amides is 1. The first-order valence-corrected chi connectivity index (χ1v) is 11.3. The summed E-state index contributed by atoms with van der Waals surface area (Å²) in [4.78, 5) is 29.0. The largest absolute Gasteiger partial charge is 0.340 e. The number of benzene rings is 1. The molecule has 2 aromatic heterocycles. The standard InChI is InChI=1S/C25H26FN5O/c26-19-9-4-10-20(14-19)28-23-15-21(18-8-5-12-27-16-18)29-24(30-23)22-11-1-2-13-31(22)25(32)17-6-3-7-17/h4-5,8-10,12,14-17,22H,1-3,6-7,11,13H2,(H,28,29,30)/t22-/m0/s1. The molecule has 1 N–H and O–H groups in total. The minimum absolute atomic E-state index is 0.141. The van der Waals surface area contributed by atoms with Gasteiger partial charge >= 0.3 is 0 Å². The Morgan fingerprint density at radius 3 is 2.69 bits per heavy atom. The van der Waals surface area contributed by atoms with Gasteiger partial charge in [0.2, 0.25) is 5.91 Å². The van der Waals surface area contributed by atoms with Crippen LogP contribution in [0.5, 0.6) is 0 Å². The number of carbonyl (C=O) groups is 1. The summed E-state index contributed by atoms with van der Waals surface area (Å²) in [6, 6.07) is 11.8. The Balaban J connectivity index is 1.53. The Morgan fingerprint density at radius 2 is 1.94 bits per heavy atom.